The topological polar surface area (TPSA) is 26.3 Å². The first-order chi connectivity index (χ1) is 7.83. The van der Waals surface area contributed by atoms with Gasteiger partial charge >= 0.3 is 0 Å². The average Bonchev–Trinajstić information content (AvgIpc) is 2.24. The van der Waals surface area contributed by atoms with E-state index in [1.54, 1.807) is 14.0 Å². The number of hydrogen-bond donors (Lipinski definition) is 0. The monoisotopic (exact) mass is 252 g/mol. The number of methoxy groups -OCH3 is 1. The summed E-state index contributed by atoms with van der Waals surface area (Å²) < 4.78 is 5.53. The average molecular weight is 252 g/mol. The molecule has 17 heavy (non-hydrogen) atoms. The van der Waals surface area contributed by atoms with Gasteiger partial charge in [-0.2, -0.15) is 11.8 Å². The van der Waals surface area contributed by atoms with Crippen LogP contribution in [-0.2, 0) is 5.75 Å². The summed E-state index contributed by atoms with van der Waals surface area (Å²) >= 11 is 1.85. The Bertz CT molecular complexity index is 405. The van der Waals surface area contributed by atoms with Crippen molar-refractivity contribution in [1.82, 2.24) is 0 Å². The second-order valence-electron chi connectivity index (χ2n) is 4.98. The van der Waals surface area contributed by atoms with Crippen molar-refractivity contribution in [2.24, 2.45) is 0 Å². The Morgan fingerprint density at radius 2 is 2.00 bits per heavy atom. The van der Waals surface area contributed by atoms with Gasteiger partial charge in [0.15, 0.2) is 5.78 Å². The number of hydrogen-bond acceptors (Lipinski definition) is 3. The van der Waals surface area contributed by atoms with Crippen LogP contribution in [0.25, 0.3) is 0 Å². The molecule has 1 rings (SSSR count). The molecule has 0 saturated heterocycles. The molecule has 0 bridgehead atoms. The SMILES string of the molecule is COc1ccc(C(C)=O)cc1CSC(C)(C)C. The molecule has 0 fully saturated rings. The molecule has 0 aliphatic heterocycles. The van der Waals surface area contributed by atoms with E-state index >= 15 is 0 Å². The number of benzene rings is 1. The van der Waals surface area contributed by atoms with Gasteiger partial charge in [0.25, 0.3) is 0 Å². The van der Waals surface area contributed by atoms with Gasteiger partial charge in [0.2, 0.25) is 0 Å². The molecule has 2 nitrogen and oxygen atoms in total. The van der Waals surface area contributed by atoms with Crippen LogP contribution in [0.1, 0.15) is 43.6 Å². The highest BCUT2D eigenvalue weighted by Gasteiger charge is 2.13. The van der Waals surface area contributed by atoms with Crippen molar-refractivity contribution in [3.05, 3.63) is 29.3 Å². The van der Waals surface area contributed by atoms with Gasteiger partial charge in [-0.05, 0) is 25.1 Å². The van der Waals surface area contributed by atoms with E-state index < -0.39 is 0 Å². The van der Waals surface area contributed by atoms with E-state index in [1.807, 2.05) is 30.0 Å². The zero-order chi connectivity index (χ0) is 13.1. The fraction of sp³-hybridized carbons (Fsp3) is 0.500. The Kier molecular flexibility index (Phi) is 4.63. The van der Waals surface area contributed by atoms with Crippen LogP contribution < -0.4 is 4.74 Å². The zero-order valence-corrected chi connectivity index (χ0v) is 12.0. The van der Waals surface area contributed by atoms with Crippen LogP contribution in [0, 0.1) is 0 Å². The first-order valence-electron chi connectivity index (χ1n) is 5.65. The van der Waals surface area contributed by atoms with Gasteiger partial charge < -0.3 is 4.74 Å². The Morgan fingerprint density at radius 1 is 1.35 bits per heavy atom. The highest BCUT2D eigenvalue weighted by Crippen LogP contribution is 2.31. The van der Waals surface area contributed by atoms with Crippen molar-refractivity contribution in [2.75, 3.05) is 7.11 Å². The maximum atomic E-state index is 11.4. The number of carbonyl (C=O) groups is 1. The molecular formula is C14H20O2S. The van der Waals surface area contributed by atoms with Gasteiger partial charge in [-0.15, -0.1) is 0 Å². The van der Waals surface area contributed by atoms with E-state index in [9.17, 15) is 4.79 Å². The van der Waals surface area contributed by atoms with Crippen molar-refractivity contribution >= 4 is 17.5 Å². The number of Topliss-reactive ketones (excluding diaryl/α,β-unsaturated/α-hetero) is 1. The fourth-order valence-corrected chi connectivity index (χ4v) is 2.22. The van der Waals surface area contributed by atoms with Gasteiger partial charge in [-0.1, -0.05) is 20.8 Å². The van der Waals surface area contributed by atoms with Crippen molar-refractivity contribution < 1.29 is 9.53 Å². The highest BCUT2D eigenvalue weighted by atomic mass is 32.2. The summed E-state index contributed by atoms with van der Waals surface area (Å²) in [4.78, 5) is 11.4. The molecule has 1 aromatic carbocycles. The molecule has 1 aromatic rings. The molecule has 94 valence electrons. The molecule has 0 spiro atoms. The number of ether oxygens (including phenoxy) is 1. The van der Waals surface area contributed by atoms with Crippen molar-refractivity contribution in [3.63, 3.8) is 0 Å². The number of thioether (sulfide) groups is 1. The summed E-state index contributed by atoms with van der Waals surface area (Å²) in [6.07, 6.45) is 0. The summed E-state index contributed by atoms with van der Waals surface area (Å²) in [6.45, 7) is 8.12. The summed E-state index contributed by atoms with van der Waals surface area (Å²) in [6, 6.07) is 5.61. The summed E-state index contributed by atoms with van der Waals surface area (Å²) in [5.74, 6) is 1.80. The van der Waals surface area contributed by atoms with Crippen molar-refractivity contribution in [1.29, 1.82) is 0 Å². The van der Waals surface area contributed by atoms with E-state index in [-0.39, 0.29) is 10.5 Å². The van der Waals surface area contributed by atoms with E-state index in [0.29, 0.717) is 0 Å². The van der Waals surface area contributed by atoms with Crippen LogP contribution in [0.5, 0.6) is 5.75 Å². The minimum absolute atomic E-state index is 0.0923. The van der Waals surface area contributed by atoms with Gasteiger partial charge in [0.05, 0.1) is 7.11 Å². The molecule has 0 atom stereocenters. The third-order valence-corrected chi connectivity index (χ3v) is 3.67. The molecule has 3 heteroatoms. The molecule has 0 aliphatic rings. The largest absolute Gasteiger partial charge is 0.496 e. The van der Waals surface area contributed by atoms with Crippen LogP contribution >= 0.6 is 11.8 Å². The Balaban J connectivity index is 2.94. The lowest BCUT2D eigenvalue weighted by molar-refractivity contribution is 0.101. The Hall–Kier alpha value is -0.960. The van der Waals surface area contributed by atoms with Gasteiger partial charge in [-0.3, -0.25) is 4.79 Å². The second-order valence-corrected chi connectivity index (χ2v) is 6.79. The smallest absolute Gasteiger partial charge is 0.159 e. The Morgan fingerprint density at radius 3 is 2.47 bits per heavy atom. The quantitative estimate of drug-likeness (QED) is 0.759. The lowest BCUT2D eigenvalue weighted by Crippen LogP contribution is -2.08. The zero-order valence-electron chi connectivity index (χ0n) is 11.2. The lowest BCUT2D eigenvalue weighted by atomic mass is 10.1. The molecule has 0 amide bonds. The second kappa shape index (κ2) is 5.58. The predicted octanol–water partition coefficient (Wildman–Crippen LogP) is 3.93. The summed E-state index contributed by atoms with van der Waals surface area (Å²) in [5, 5.41) is 0. The number of carbonyl (C=O) groups excluding carboxylic acids is 1. The van der Waals surface area contributed by atoms with E-state index in [1.165, 1.54) is 0 Å². The van der Waals surface area contributed by atoms with Crippen molar-refractivity contribution in [3.8, 4) is 5.75 Å². The molecule has 0 radical (unpaired) electrons. The predicted molar refractivity (Wildman–Crippen MR) is 74.0 cm³/mol. The third-order valence-electron chi connectivity index (χ3n) is 2.35. The van der Waals surface area contributed by atoms with Crippen LogP contribution in [0.2, 0.25) is 0 Å². The first kappa shape index (κ1) is 14.1. The van der Waals surface area contributed by atoms with Crippen molar-refractivity contribution in [2.45, 2.75) is 38.2 Å². The van der Waals surface area contributed by atoms with Crippen LogP contribution in [-0.4, -0.2) is 17.6 Å². The highest BCUT2D eigenvalue weighted by molar-refractivity contribution is 7.99. The fourth-order valence-electron chi connectivity index (χ4n) is 1.40. The molecule has 0 unspecified atom stereocenters. The lowest BCUT2D eigenvalue weighted by Gasteiger charge is -2.18. The summed E-state index contributed by atoms with van der Waals surface area (Å²) in [7, 11) is 1.66. The van der Waals surface area contributed by atoms with Crippen LogP contribution in [0.15, 0.2) is 18.2 Å². The molecule has 0 aromatic heterocycles. The molecule has 0 heterocycles. The number of rotatable bonds is 4. The third kappa shape index (κ3) is 4.43. The van der Waals surface area contributed by atoms with E-state index in [2.05, 4.69) is 20.8 Å². The summed E-state index contributed by atoms with van der Waals surface area (Å²) in [5.41, 5.74) is 1.83. The molecular weight excluding hydrogens is 232 g/mol. The minimum atomic E-state index is 0.0923. The molecule has 0 aliphatic carbocycles. The maximum Gasteiger partial charge on any atom is 0.159 e. The first-order valence-corrected chi connectivity index (χ1v) is 6.64. The van der Waals surface area contributed by atoms with Gasteiger partial charge in [-0.25, -0.2) is 0 Å². The van der Waals surface area contributed by atoms with Crippen LogP contribution in [0.3, 0.4) is 0 Å². The number of ketones is 1. The molecule has 0 N–H and O–H groups in total. The normalized spacial score (nSPS) is 11.4. The Labute approximate surface area is 108 Å². The van der Waals surface area contributed by atoms with Gasteiger partial charge in [0, 0.05) is 21.6 Å². The van der Waals surface area contributed by atoms with Gasteiger partial charge in [0.1, 0.15) is 5.75 Å². The minimum Gasteiger partial charge on any atom is -0.496 e. The standard InChI is InChI=1S/C14H20O2S/c1-10(15)11-6-7-13(16-5)12(8-11)9-17-14(2,3)4/h6-8H,9H2,1-5H3. The van der Waals surface area contributed by atoms with E-state index in [0.717, 1.165) is 22.6 Å². The van der Waals surface area contributed by atoms with E-state index in [4.69, 9.17) is 4.74 Å². The maximum absolute atomic E-state index is 11.4. The molecule has 0 saturated carbocycles. The van der Waals surface area contributed by atoms with Crippen LogP contribution in [0.4, 0.5) is 0 Å².